The predicted molar refractivity (Wildman–Crippen MR) is 133 cm³/mol. The van der Waals surface area contributed by atoms with E-state index in [1.54, 1.807) is 30.3 Å². The summed E-state index contributed by atoms with van der Waals surface area (Å²) in [5.74, 6) is 0.676. The minimum Gasteiger partial charge on any atom is -0.494 e. The van der Waals surface area contributed by atoms with Crippen LogP contribution in [0.3, 0.4) is 0 Å². The molecule has 0 bridgehead atoms. The molecular weight excluding hydrogens is 462 g/mol. The van der Waals surface area contributed by atoms with E-state index < -0.39 is 12.0 Å². The van der Waals surface area contributed by atoms with Crippen molar-refractivity contribution in [2.75, 3.05) is 17.2 Å². The first-order chi connectivity index (χ1) is 15.8. The summed E-state index contributed by atoms with van der Waals surface area (Å²) in [4.78, 5) is 20.2. The smallest absolute Gasteiger partial charge is 0.305 e. The first-order valence-corrected chi connectivity index (χ1v) is 11.0. The lowest BCUT2D eigenvalue weighted by Crippen LogP contribution is -2.34. The fourth-order valence-corrected chi connectivity index (χ4v) is 3.52. The van der Waals surface area contributed by atoms with Gasteiger partial charge in [-0.15, -0.1) is 0 Å². The highest BCUT2D eigenvalue weighted by Crippen LogP contribution is 2.22. The molecule has 0 aliphatic carbocycles. The number of carboxylic acid groups (broad SMARTS) is 1. The number of anilines is 3. The van der Waals surface area contributed by atoms with Crippen molar-refractivity contribution < 1.29 is 14.6 Å². The van der Waals surface area contributed by atoms with Crippen LogP contribution in [0.1, 0.15) is 30.6 Å². The normalized spacial score (nSPS) is 11.4. The number of thiocarbonyl (C=S) groups is 1. The molecule has 1 heterocycles. The van der Waals surface area contributed by atoms with Gasteiger partial charge in [0.05, 0.1) is 19.1 Å². The first-order valence-electron chi connectivity index (χ1n) is 10.2. The predicted octanol–water partition coefficient (Wildman–Crippen LogP) is 5.08. The topological polar surface area (TPSA) is 108 Å². The van der Waals surface area contributed by atoms with E-state index in [2.05, 4.69) is 25.9 Å². The van der Waals surface area contributed by atoms with Gasteiger partial charge < -0.3 is 25.8 Å². The van der Waals surface area contributed by atoms with Crippen molar-refractivity contribution in [1.29, 1.82) is 0 Å². The number of carbonyl (C=O) groups is 1. The summed E-state index contributed by atoms with van der Waals surface area (Å²) in [5.41, 5.74) is 2.27. The molecule has 172 valence electrons. The molecule has 2 aromatic carbocycles. The average molecular weight is 486 g/mol. The van der Waals surface area contributed by atoms with Crippen LogP contribution in [0.15, 0.2) is 54.6 Å². The van der Waals surface area contributed by atoms with Crippen LogP contribution >= 0.6 is 23.8 Å². The van der Waals surface area contributed by atoms with Crippen LogP contribution in [0.5, 0.6) is 5.75 Å². The van der Waals surface area contributed by atoms with E-state index in [9.17, 15) is 9.90 Å². The molecule has 0 unspecified atom stereocenters. The van der Waals surface area contributed by atoms with Crippen molar-refractivity contribution >= 4 is 52.4 Å². The number of ether oxygens (including phenoxy) is 1. The van der Waals surface area contributed by atoms with Crippen LogP contribution in [-0.2, 0) is 4.79 Å². The summed E-state index contributed by atoms with van der Waals surface area (Å²) in [7, 11) is 0. The zero-order valence-electron chi connectivity index (χ0n) is 18.1. The van der Waals surface area contributed by atoms with Gasteiger partial charge in [-0.3, -0.25) is 4.79 Å². The summed E-state index contributed by atoms with van der Waals surface area (Å²) >= 11 is 11.5. The fraction of sp³-hybridized carbons (Fsp3) is 0.217. The van der Waals surface area contributed by atoms with E-state index in [0.29, 0.717) is 23.0 Å². The summed E-state index contributed by atoms with van der Waals surface area (Å²) in [6, 6.07) is 15.7. The van der Waals surface area contributed by atoms with Crippen LogP contribution in [0.4, 0.5) is 17.5 Å². The van der Waals surface area contributed by atoms with Gasteiger partial charge >= 0.3 is 5.97 Å². The number of nitrogens with zero attached hydrogens (tertiary/aromatic N) is 2. The van der Waals surface area contributed by atoms with Crippen molar-refractivity contribution in [2.45, 2.75) is 26.3 Å². The van der Waals surface area contributed by atoms with Crippen molar-refractivity contribution in [3.8, 4) is 5.75 Å². The van der Waals surface area contributed by atoms with Gasteiger partial charge in [0.15, 0.2) is 5.11 Å². The third kappa shape index (κ3) is 7.58. The molecule has 0 radical (unpaired) electrons. The summed E-state index contributed by atoms with van der Waals surface area (Å²) < 4.78 is 5.46. The number of hydrogen-bond acceptors (Lipinski definition) is 6. The number of aliphatic carboxylic acids is 1. The second kappa shape index (κ2) is 11.4. The second-order valence-electron chi connectivity index (χ2n) is 7.10. The molecule has 0 amide bonds. The molecule has 0 aliphatic heterocycles. The maximum absolute atomic E-state index is 11.4. The fourth-order valence-electron chi connectivity index (χ4n) is 3.08. The molecule has 0 saturated heterocycles. The molecule has 33 heavy (non-hydrogen) atoms. The molecule has 0 fully saturated rings. The van der Waals surface area contributed by atoms with Crippen LogP contribution in [-0.4, -0.2) is 32.8 Å². The van der Waals surface area contributed by atoms with E-state index in [4.69, 9.17) is 28.6 Å². The molecule has 1 atom stereocenters. The third-order valence-corrected chi connectivity index (χ3v) is 4.91. The average Bonchev–Trinajstić information content (AvgIpc) is 2.74. The Kier molecular flexibility index (Phi) is 8.39. The number of aromatic nitrogens is 2. The molecule has 4 N–H and O–H groups in total. The van der Waals surface area contributed by atoms with Crippen LogP contribution in [0.2, 0.25) is 5.02 Å². The van der Waals surface area contributed by atoms with Crippen molar-refractivity contribution in [2.24, 2.45) is 0 Å². The zero-order valence-corrected chi connectivity index (χ0v) is 19.7. The van der Waals surface area contributed by atoms with Crippen LogP contribution < -0.4 is 20.7 Å². The molecule has 3 aromatic rings. The Balaban J connectivity index is 1.70. The minimum atomic E-state index is -0.969. The minimum absolute atomic E-state index is 0.179. The van der Waals surface area contributed by atoms with Crippen molar-refractivity contribution in [1.82, 2.24) is 15.3 Å². The lowest BCUT2D eigenvalue weighted by atomic mass is 10.0. The van der Waals surface area contributed by atoms with Gasteiger partial charge in [-0.05, 0) is 68.0 Å². The molecule has 0 saturated carbocycles. The molecule has 10 heteroatoms. The highest BCUT2D eigenvalue weighted by molar-refractivity contribution is 7.80. The van der Waals surface area contributed by atoms with E-state index in [1.165, 1.54) is 0 Å². The lowest BCUT2D eigenvalue weighted by molar-refractivity contribution is -0.137. The first kappa shape index (κ1) is 24.2. The third-order valence-electron chi connectivity index (χ3n) is 4.45. The summed E-state index contributed by atoms with van der Waals surface area (Å²) in [6.07, 6.45) is -0.179. The van der Waals surface area contributed by atoms with Crippen LogP contribution in [0.25, 0.3) is 0 Å². The van der Waals surface area contributed by atoms with Gasteiger partial charge in [0, 0.05) is 22.5 Å². The Morgan fingerprint density at radius 1 is 1.18 bits per heavy atom. The number of hydrogen-bond donors (Lipinski definition) is 4. The second-order valence-corrected chi connectivity index (χ2v) is 7.95. The van der Waals surface area contributed by atoms with E-state index in [-0.39, 0.29) is 17.5 Å². The molecule has 1 aromatic heterocycles. The highest BCUT2D eigenvalue weighted by Gasteiger charge is 2.17. The molecule has 3 rings (SSSR count). The van der Waals surface area contributed by atoms with Gasteiger partial charge in [0.2, 0.25) is 5.95 Å². The number of aryl methyl sites for hydroxylation is 1. The molecule has 8 nitrogen and oxygen atoms in total. The number of halogens is 1. The number of nitrogens with one attached hydrogen (secondary N) is 3. The Morgan fingerprint density at radius 3 is 2.61 bits per heavy atom. The quantitative estimate of drug-likeness (QED) is 0.308. The van der Waals surface area contributed by atoms with E-state index >= 15 is 0 Å². The van der Waals surface area contributed by atoms with Crippen molar-refractivity contribution in [3.63, 3.8) is 0 Å². The SMILES string of the molecule is CCOc1ccc(Nc2cc(C)nc(NC(=S)N[C@@H](CC(=O)O)c3cccc(Cl)c3)n2)cc1. The molecule has 0 spiro atoms. The van der Waals surface area contributed by atoms with Gasteiger partial charge in [-0.1, -0.05) is 23.7 Å². The van der Waals surface area contributed by atoms with Gasteiger partial charge in [-0.2, -0.15) is 4.98 Å². The number of benzene rings is 2. The van der Waals surface area contributed by atoms with Gasteiger partial charge in [0.1, 0.15) is 11.6 Å². The molecular formula is C23H24ClN5O3S. The Morgan fingerprint density at radius 2 is 1.94 bits per heavy atom. The lowest BCUT2D eigenvalue weighted by Gasteiger charge is -2.20. The number of rotatable bonds is 9. The number of carboxylic acids is 1. The maximum atomic E-state index is 11.4. The summed E-state index contributed by atoms with van der Waals surface area (Å²) in [6.45, 7) is 4.37. The van der Waals surface area contributed by atoms with E-state index in [1.807, 2.05) is 38.1 Å². The maximum Gasteiger partial charge on any atom is 0.305 e. The Labute approximate surface area is 202 Å². The summed E-state index contributed by atoms with van der Waals surface area (Å²) in [5, 5.41) is 19.2. The van der Waals surface area contributed by atoms with Gasteiger partial charge in [-0.25, -0.2) is 4.98 Å². The van der Waals surface area contributed by atoms with Crippen LogP contribution in [0, 0.1) is 6.92 Å². The molecule has 0 aliphatic rings. The Hall–Kier alpha value is -3.43. The van der Waals surface area contributed by atoms with Crippen molar-refractivity contribution in [3.05, 3.63) is 70.9 Å². The van der Waals surface area contributed by atoms with Gasteiger partial charge in [0.25, 0.3) is 0 Å². The Bertz CT molecular complexity index is 1130. The zero-order chi connectivity index (χ0) is 23.8. The standard InChI is InChI=1S/C23H24ClN5O3S/c1-3-32-18-9-7-17(8-10-18)26-20-11-14(2)25-22(28-20)29-23(33)27-19(13-21(30)31)15-5-4-6-16(24)12-15/h4-12,19H,3,13H2,1-2H3,(H,30,31)(H3,25,26,27,28,29,33)/t19-/m0/s1. The van der Waals surface area contributed by atoms with E-state index in [0.717, 1.165) is 17.1 Å². The largest absolute Gasteiger partial charge is 0.494 e. The highest BCUT2D eigenvalue weighted by atomic mass is 35.5. The monoisotopic (exact) mass is 485 g/mol.